The zero-order valence-electron chi connectivity index (χ0n) is 10.0. The van der Waals surface area contributed by atoms with Crippen molar-refractivity contribution in [3.63, 3.8) is 0 Å². The summed E-state index contributed by atoms with van der Waals surface area (Å²) in [6.07, 6.45) is 0.343. The number of methoxy groups -OCH3 is 1. The van der Waals surface area contributed by atoms with E-state index in [1.807, 2.05) is 0 Å². The molecule has 0 aliphatic carbocycles. The minimum absolute atomic E-state index is 0.329. The number of ether oxygens (including phenoxy) is 1. The summed E-state index contributed by atoms with van der Waals surface area (Å²) < 4.78 is 29.5. The van der Waals surface area contributed by atoms with Crippen LogP contribution < -0.4 is 0 Å². The first-order valence-electron chi connectivity index (χ1n) is 4.93. The van der Waals surface area contributed by atoms with Crippen molar-refractivity contribution in [2.45, 2.75) is 31.6 Å². The normalized spacial score (nSPS) is 16.1. The van der Waals surface area contributed by atoms with Gasteiger partial charge in [-0.05, 0) is 20.3 Å². The van der Waals surface area contributed by atoms with Crippen molar-refractivity contribution < 1.29 is 23.1 Å². The Morgan fingerprint density at radius 1 is 1.44 bits per heavy atom. The minimum Gasteiger partial charge on any atom is -0.480 e. The second kappa shape index (κ2) is 6.17. The lowest BCUT2D eigenvalue weighted by molar-refractivity contribution is -0.140. The molecule has 0 bridgehead atoms. The average Bonchev–Trinajstić information content (AvgIpc) is 2.23. The van der Waals surface area contributed by atoms with Crippen molar-refractivity contribution in [3.8, 4) is 0 Å². The number of hydrogen-bond donors (Lipinski definition) is 1. The first-order valence-corrected chi connectivity index (χ1v) is 6.44. The molecule has 2 atom stereocenters. The summed E-state index contributed by atoms with van der Waals surface area (Å²) in [5, 5.41) is 8.09. The van der Waals surface area contributed by atoms with E-state index in [0.717, 1.165) is 4.31 Å². The molecule has 0 aliphatic rings. The average molecular weight is 253 g/mol. The molecule has 96 valence electrons. The molecular formula is C9H19NO5S. The van der Waals surface area contributed by atoms with Crippen LogP contribution in [-0.4, -0.2) is 55.9 Å². The van der Waals surface area contributed by atoms with Gasteiger partial charge < -0.3 is 9.84 Å². The zero-order valence-corrected chi connectivity index (χ0v) is 10.8. The lowest BCUT2D eigenvalue weighted by atomic mass is 10.3. The molecule has 0 radical (unpaired) electrons. The molecule has 2 unspecified atom stereocenters. The lowest BCUT2D eigenvalue weighted by Gasteiger charge is -2.24. The fourth-order valence-corrected chi connectivity index (χ4v) is 2.59. The van der Waals surface area contributed by atoms with E-state index >= 15 is 0 Å². The Kier molecular flexibility index (Phi) is 5.91. The van der Waals surface area contributed by atoms with E-state index in [0.29, 0.717) is 13.0 Å². The Hall–Kier alpha value is -0.660. The number of hydrogen-bond acceptors (Lipinski definition) is 4. The maximum Gasteiger partial charge on any atom is 0.321 e. The van der Waals surface area contributed by atoms with Gasteiger partial charge in [0.1, 0.15) is 6.04 Å². The molecule has 0 spiro atoms. The van der Waals surface area contributed by atoms with Gasteiger partial charge in [-0.15, -0.1) is 0 Å². The molecular weight excluding hydrogens is 234 g/mol. The number of carboxylic acids is 1. The minimum atomic E-state index is -3.58. The molecule has 16 heavy (non-hydrogen) atoms. The van der Waals surface area contributed by atoms with Gasteiger partial charge in [0, 0.05) is 20.8 Å². The fraction of sp³-hybridized carbons (Fsp3) is 0.889. The van der Waals surface area contributed by atoms with Crippen molar-refractivity contribution >= 4 is 16.0 Å². The zero-order chi connectivity index (χ0) is 12.9. The second-order valence-electron chi connectivity index (χ2n) is 3.67. The van der Waals surface area contributed by atoms with Gasteiger partial charge in [-0.1, -0.05) is 0 Å². The summed E-state index contributed by atoms with van der Waals surface area (Å²) >= 11 is 0. The van der Waals surface area contributed by atoms with Gasteiger partial charge in [-0.2, -0.15) is 4.31 Å². The van der Waals surface area contributed by atoms with Crippen molar-refractivity contribution in [1.82, 2.24) is 4.31 Å². The van der Waals surface area contributed by atoms with Crippen LogP contribution in [0, 0.1) is 0 Å². The smallest absolute Gasteiger partial charge is 0.321 e. The molecule has 0 fully saturated rings. The third kappa shape index (κ3) is 3.73. The second-order valence-corrected chi connectivity index (χ2v) is 6.08. The van der Waals surface area contributed by atoms with Gasteiger partial charge in [0.05, 0.1) is 5.25 Å². The van der Waals surface area contributed by atoms with Crippen molar-refractivity contribution in [1.29, 1.82) is 0 Å². The number of likely N-dealkylation sites (N-methyl/N-ethyl adjacent to an activating group) is 1. The number of carboxylic acid groups (broad SMARTS) is 1. The summed E-state index contributed by atoms with van der Waals surface area (Å²) in [5.41, 5.74) is 0. The number of sulfonamides is 1. The van der Waals surface area contributed by atoms with Crippen LogP contribution in [-0.2, 0) is 19.6 Å². The van der Waals surface area contributed by atoms with Crippen LogP contribution in [0.3, 0.4) is 0 Å². The van der Waals surface area contributed by atoms with Gasteiger partial charge in [0.25, 0.3) is 0 Å². The Bertz CT molecular complexity index is 327. The summed E-state index contributed by atoms with van der Waals surface area (Å²) in [6, 6.07) is -1.06. The van der Waals surface area contributed by atoms with Crippen LogP contribution in [0.25, 0.3) is 0 Å². The van der Waals surface area contributed by atoms with Gasteiger partial charge >= 0.3 is 5.97 Å². The SMILES string of the molecule is COCCC(C)S(=O)(=O)N(C)C(C)C(=O)O. The quantitative estimate of drug-likeness (QED) is 0.698. The Morgan fingerprint density at radius 2 is 1.94 bits per heavy atom. The first kappa shape index (κ1) is 15.3. The third-order valence-corrected chi connectivity index (χ3v) is 4.91. The van der Waals surface area contributed by atoms with Gasteiger partial charge in [-0.25, -0.2) is 8.42 Å². The Balaban J connectivity index is 4.71. The summed E-state index contributed by atoms with van der Waals surface area (Å²) in [6.45, 7) is 3.21. The van der Waals surface area contributed by atoms with Crippen LogP contribution in [0.15, 0.2) is 0 Å². The van der Waals surface area contributed by atoms with Crippen LogP contribution in [0.1, 0.15) is 20.3 Å². The highest BCUT2D eigenvalue weighted by molar-refractivity contribution is 7.89. The highest BCUT2D eigenvalue weighted by atomic mass is 32.2. The van der Waals surface area contributed by atoms with Gasteiger partial charge in [0.15, 0.2) is 0 Å². The molecule has 6 nitrogen and oxygen atoms in total. The Labute approximate surface area is 96.2 Å². The predicted molar refractivity (Wildman–Crippen MR) is 59.7 cm³/mol. The lowest BCUT2D eigenvalue weighted by Crippen LogP contribution is -2.44. The van der Waals surface area contributed by atoms with Crippen LogP contribution in [0.5, 0.6) is 0 Å². The molecule has 0 aromatic heterocycles. The molecule has 0 amide bonds. The molecule has 0 aromatic carbocycles. The van der Waals surface area contributed by atoms with Crippen LogP contribution in [0.2, 0.25) is 0 Å². The maximum atomic E-state index is 11.9. The van der Waals surface area contributed by atoms with E-state index in [9.17, 15) is 13.2 Å². The standard InChI is InChI=1S/C9H19NO5S/c1-7(5-6-15-4)16(13,14)10(3)8(2)9(11)12/h7-8H,5-6H2,1-4H3,(H,11,12). The van der Waals surface area contributed by atoms with Crippen molar-refractivity contribution in [2.24, 2.45) is 0 Å². The van der Waals surface area contributed by atoms with E-state index in [1.54, 1.807) is 6.92 Å². The van der Waals surface area contributed by atoms with E-state index in [1.165, 1.54) is 21.1 Å². The number of nitrogens with zero attached hydrogens (tertiary/aromatic N) is 1. The number of rotatable bonds is 7. The summed E-state index contributed by atoms with van der Waals surface area (Å²) in [7, 11) is -0.819. The van der Waals surface area contributed by atoms with E-state index in [2.05, 4.69) is 0 Å². The van der Waals surface area contributed by atoms with Crippen LogP contribution >= 0.6 is 0 Å². The monoisotopic (exact) mass is 253 g/mol. The van der Waals surface area contributed by atoms with E-state index in [-0.39, 0.29) is 0 Å². The first-order chi connectivity index (χ1) is 7.25. The van der Waals surface area contributed by atoms with Crippen molar-refractivity contribution in [3.05, 3.63) is 0 Å². The van der Waals surface area contributed by atoms with E-state index < -0.39 is 27.3 Å². The van der Waals surface area contributed by atoms with Gasteiger partial charge in [-0.3, -0.25) is 4.79 Å². The largest absolute Gasteiger partial charge is 0.480 e. The predicted octanol–water partition coefficient (Wildman–Crippen LogP) is 0.146. The molecule has 0 aromatic rings. The molecule has 7 heteroatoms. The molecule has 0 saturated heterocycles. The summed E-state index contributed by atoms with van der Waals surface area (Å²) in [5.74, 6) is -1.16. The maximum absolute atomic E-state index is 11.9. The fourth-order valence-electron chi connectivity index (χ4n) is 1.09. The summed E-state index contributed by atoms with van der Waals surface area (Å²) in [4.78, 5) is 10.7. The molecule has 0 saturated carbocycles. The highest BCUT2D eigenvalue weighted by Gasteiger charge is 2.32. The van der Waals surface area contributed by atoms with Crippen LogP contribution in [0.4, 0.5) is 0 Å². The Morgan fingerprint density at radius 3 is 2.31 bits per heavy atom. The topological polar surface area (TPSA) is 83.9 Å². The highest BCUT2D eigenvalue weighted by Crippen LogP contribution is 2.13. The third-order valence-electron chi connectivity index (χ3n) is 2.54. The van der Waals surface area contributed by atoms with Gasteiger partial charge in [0.2, 0.25) is 10.0 Å². The van der Waals surface area contributed by atoms with Crippen molar-refractivity contribution in [2.75, 3.05) is 20.8 Å². The van der Waals surface area contributed by atoms with E-state index in [4.69, 9.17) is 9.84 Å². The number of aliphatic carboxylic acids is 1. The molecule has 0 heterocycles. The number of carbonyl (C=O) groups is 1. The molecule has 0 aliphatic heterocycles. The molecule has 0 rings (SSSR count). The molecule has 1 N–H and O–H groups in total.